The molecule has 4 aromatic heterocycles. The largest absolute Gasteiger partial charge is 0.375 e. The van der Waals surface area contributed by atoms with Gasteiger partial charge in [-0.15, -0.1) is 5.10 Å². The van der Waals surface area contributed by atoms with Crippen molar-refractivity contribution in [2.24, 2.45) is 5.92 Å². The molecule has 1 saturated heterocycles. The van der Waals surface area contributed by atoms with Crippen molar-refractivity contribution in [2.45, 2.75) is 32.3 Å². The Bertz CT molecular complexity index is 1440. The van der Waals surface area contributed by atoms with Crippen LogP contribution >= 0.6 is 0 Å². The molecule has 0 bridgehead atoms. The van der Waals surface area contributed by atoms with Gasteiger partial charge in [-0.25, -0.2) is 23.3 Å². The van der Waals surface area contributed by atoms with Gasteiger partial charge >= 0.3 is 0 Å². The van der Waals surface area contributed by atoms with Crippen molar-refractivity contribution in [1.29, 1.82) is 0 Å². The van der Waals surface area contributed by atoms with Crippen LogP contribution in [0.15, 0.2) is 36.8 Å². The maximum Gasteiger partial charge on any atom is 0.281 e. The summed E-state index contributed by atoms with van der Waals surface area (Å²) in [7, 11) is 0. The van der Waals surface area contributed by atoms with Crippen LogP contribution in [-0.4, -0.2) is 56.3 Å². The number of anilines is 2. The Kier molecular flexibility index (Phi) is 5.28. The fraction of sp³-hybridized carbons (Fsp3) is 0.375. The summed E-state index contributed by atoms with van der Waals surface area (Å²) in [6.07, 6.45) is 3.64. The minimum atomic E-state index is -2.77. The molecule has 1 aliphatic carbocycles. The predicted octanol–water partition coefficient (Wildman–Crippen LogP) is 3.85. The van der Waals surface area contributed by atoms with Crippen LogP contribution in [0.4, 0.5) is 20.3 Å². The van der Waals surface area contributed by atoms with E-state index in [4.69, 9.17) is 4.74 Å². The van der Waals surface area contributed by atoms with Gasteiger partial charge in [0.2, 0.25) is 5.91 Å². The van der Waals surface area contributed by atoms with E-state index in [1.165, 1.54) is 12.4 Å². The van der Waals surface area contributed by atoms with Crippen LogP contribution in [0.2, 0.25) is 0 Å². The monoisotopic (exact) mass is 479 g/mol. The number of hydrogen-bond acceptors (Lipinski definition) is 7. The van der Waals surface area contributed by atoms with Gasteiger partial charge in [0, 0.05) is 47.7 Å². The van der Waals surface area contributed by atoms with Crippen molar-refractivity contribution in [3.63, 3.8) is 0 Å². The normalized spacial score (nSPS) is 18.5. The standard InChI is InChI=1S/C24H23F2N7O2/c1-13-11-32(6-7-35-13)15-4-5-20-30-23(31-33(20)12-15)18-10-28-21(22(25)26)17-9-27-19(8-16(17)18)29-24(34)14-2-3-14/h4-5,8-10,12-14,22H,2-3,6-7,11H2,1H3,(H,27,29,34)/t13-/m0/s1. The van der Waals surface area contributed by atoms with Gasteiger partial charge in [-0.1, -0.05) is 0 Å². The molecule has 2 aliphatic rings. The number of nitrogens with zero attached hydrogens (tertiary/aromatic N) is 6. The lowest BCUT2D eigenvalue weighted by atomic mass is 10.1. The summed E-state index contributed by atoms with van der Waals surface area (Å²) >= 11 is 0. The van der Waals surface area contributed by atoms with Crippen molar-refractivity contribution in [3.8, 4) is 11.4 Å². The number of rotatable bonds is 5. The van der Waals surface area contributed by atoms with Crippen LogP contribution in [-0.2, 0) is 9.53 Å². The number of ether oxygens (including phenoxy) is 1. The van der Waals surface area contributed by atoms with Gasteiger partial charge in [0.15, 0.2) is 11.5 Å². The zero-order valence-corrected chi connectivity index (χ0v) is 19.0. The highest BCUT2D eigenvalue weighted by molar-refractivity contribution is 6.00. The minimum Gasteiger partial charge on any atom is -0.375 e. The van der Waals surface area contributed by atoms with E-state index in [9.17, 15) is 13.6 Å². The number of carbonyl (C=O) groups is 1. The van der Waals surface area contributed by atoms with Gasteiger partial charge in [-0.2, -0.15) is 0 Å². The Morgan fingerprint density at radius 3 is 2.83 bits per heavy atom. The topological polar surface area (TPSA) is 97.5 Å². The maximum atomic E-state index is 13.7. The van der Waals surface area contributed by atoms with E-state index in [2.05, 4.69) is 30.3 Å². The first kappa shape index (κ1) is 21.8. The van der Waals surface area contributed by atoms with E-state index in [0.29, 0.717) is 34.8 Å². The van der Waals surface area contributed by atoms with E-state index in [0.717, 1.165) is 31.6 Å². The molecule has 0 spiro atoms. The number of aromatic nitrogens is 5. The van der Waals surface area contributed by atoms with E-state index < -0.39 is 6.43 Å². The third-order valence-electron chi connectivity index (χ3n) is 6.37. The van der Waals surface area contributed by atoms with Crippen LogP contribution < -0.4 is 10.2 Å². The van der Waals surface area contributed by atoms with Gasteiger partial charge in [0.1, 0.15) is 11.5 Å². The van der Waals surface area contributed by atoms with Crippen LogP contribution in [0.5, 0.6) is 0 Å². The molecule has 9 nitrogen and oxygen atoms in total. The molecule has 2 fully saturated rings. The highest BCUT2D eigenvalue weighted by Gasteiger charge is 2.30. The Hall–Kier alpha value is -3.73. The second-order valence-electron chi connectivity index (χ2n) is 8.99. The Balaban J connectivity index is 1.41. The van der Waals surface area contributed by atoms with Gasteiger partial charge in [0.25, 0.3) is 6.43 Å². The second-order valence-corrected chi connectivity index (χ2v) is 8.99. The second kappa shape index (κ2) is 8.49. The Morgan fingerprint density at radius 1 is 1.20 bits per heavy atom. The summed E-state index contributed by atoms with van der Waals surface area (Å²) in [4.78, 5) is 27.2. The number of pyridine rings is 3. The highest BCUT2D eigenvalue weighted by atomic mass is 19.3. The highest BCUT2D eigenvalue weighted by Crippen LogP contribution is 2.34. The number of amides is 1. The summed E-state index contributed by atoms with van der Waals surface area (Å²) < 4.78 is 34.6. The quantitative estimate of drug-likeness (QED) is 0.464. The summed E-state index contributed by atoms with van der Waals surface area (Å²) in [5.74, 6) is 0.526. The molecule has 1 aliphatic heterocycles. The first-order valence-corrected chi connectivity index (χ1v) is 11.6. The van der Waals surface area contributed by atoms with Gasteiger partial charge < -0.3 is 15.0 Å². The van der Waals surface area contributed by atoms with Gasteiger partial charge in [-0.3, -0.25) is 9.78 Å². The molecule has 1 amide bonds. The van der Waals surface area contributed by atoms with Crippen LogP contribution in [0.1, 0.15) is 31.9 Å². The van der Waals surface area contributed by atoms with E-state index in [1.54, 1.807) is 10.6 Å². The maximum absolute atomic E-state index is 13.7. The molecule has 0 aromatic carbocycles. The molecule has 4 aromatic rings. The number of halogens is 2. The molecule has 0 radical (unpaired) electrons. The smallest absolute Gasteiger partial charge is 0.281 e. The summed E-state index contributed by atoms with van der Waals surface area (Å²) in [6, 6.07) is 5.44. The Morgan fingerprint density at radius 2 is 2.06 bits per heavy atom. The van der Waals surface area contributed by atoms with E-state index in [1.807, 2.05) is 25.3 Å². The molecule has 180 valence electrons. The molecule has 0 unspecified atom stereocenters. The third kappa shape index (κ3) is 4.16. The molecule has 1 atom stereocenters. The molecule has 11 heteroatoms. The molecule has 1 N–H and O–H groups in total. The number of morpholine rings is 1. The van der Waals surface area contributed by atoms with Crippen LogP contribution in [0.25, 0.3) is 27.8 Å². The number of alkyl halides is 2. The Labute approximate surface area is 199 Å². The summed E-state index contributed by atoms with van der Waals surface area (Å²) in [5, 5.41) is 8.05. The number of carbonyl (C=O) groups excluding carboxylic acids is 1. The summed E-state index contributed by atoms with van der Waals surface area (Å²) in [5.41, 5.74) is 1.73. The molecule has 5 heterocycles. The lowest BCUT2D eigenvalue weighted by molar-refractivity contribution is -0.117. The fourth-order valence-corrected chi connectivity index (χ4v) is 4.38. The third-order valence-corrected chi connectivity index (χ3v) is 6.37. The van der Waals surface area contributed by atoms with E-state index >= 15 is 0 Å². The number of fused-ring (bicyclic) bond motifs is 2. The molecule has 1 saturated carbocycles. The van der Waals surface area contributed by atoms with Crippen molar-refractivity contribution in [3.05, 3.63) is 42.5 Å². The SMILES string of the molecule is C[C@H]1CN(c2ccc3nc(-c4cnc(C(F)F)c5cnc(NC(=O)C6CC6)cc45)nn3c2)CCO1. The summed E-state index contributed by atoms with van der Waals surface area (Å²) in [6.45, 7) is 4.25. The number of hydrogen-bond donors (Lipinski definition) is 1. The van der Waals surface area contributed by atoms with E-state index in [-0.39, 0.29) is 29.0 Å². The van der Waals surface area contributed by atoms with Gasteiger partial charge in [-0.05, 0) is 38.0 Å². The average Bonchev–Trinajstić information content (AvgIpc) is 3.62. The zero-order chi connectivity index (χ0) is 24.1. The fourth-order valence-electron chi connectivity index (χ4n) is 4.38. The average molecular weight is 479 g/mol. The van der Waals surface area contributed by atoms with Crippen molar-refractivity contribution in [2.75, 3.05) is 29.9 Å². The van der Waals surface area contributed by atoms with Crippen molar-refractivity contribution < 1.29 is 18.3 Å². The van der Waals surface area contributed by atoms with Crippen LogP contribution in [0.3, 0.4) is 0 Å². The predicted molar refractivity (Wildman–Crippen MR) is 125 cm³/mol. The van der Waals surface area contributed by atoms with Crippen LogP contribution in [0, 0.1) is 5.92 Å². The molecule has 35 heavy (non-hydrogen) atoms. The molecular formula is C24H23F2N7O2. The first-order valence-electron chi connectivity index (χ1n) is 11.6. The zero-order valence-electron chi connectivity index (χ0n) is 19.0. The van der Waals surface area contributed by atoms with Crippen molar-refractivity contribution in [1.82, 2.24) is 24.6 Å². The van der Waals surface area contributed by atoms with Crippen molar-refractivity contribution >= 4 is 33.8 Å². The first-order chi connectivity index (χ1) is 17.0. The molecule has 6 rings (SSSR count). The lowest BCUT2D eigenvalue weighted by Gasteiger charge is -2.32. The lowest BCUT2D eigenvalue weighted by Crippen LogP contribution is -2.41. The molecular weight excluding hydrogens is 456 g/mol. The minimum absolute atomic E-state index is 0.00946. The number of nitrogens with one attached hydrogen (secondary N) is 1. The van der Waals surface area contributed by atoms with Gasteiger partial charge in [0.05, 0.1) is 24.6 Å².